The van der Waals surface area contributed by atoms with Crippen molar-refractivity contribution < 1.29 is 29.4 Å². The number of carbonyl (C=O) groups excluding carboxylic acids is 2. The number of ether oxygens (including phenoxy) is 2. The van der Waals surface area contributed by atoms with Crippen molar-refractivity contribution in [1.82, 2.24) is 15.0 Å². The highest BCUT2D eigenvalue weighted by Crippen LogP contribution is 2.39. The zero-order chi connectivity index (χ0) is 27.9. The summed E-state index contributed by atoms with van der Waals surface area (Å²) in [5, 5.41) is 20.9. The lowest BCUT2D eigenvalue weighted by Crippen LogP contribution is -2.32. The summed E-state index contributed by atoms with van der Waals surface area (Å²) in [7, 11) is 0. The molecule has 208 valence electrons. The Morgan fingerprint density at radius 2 is 1.75 bits per heavy atom. The largest absolute Gasteiger partial charge is 0.392 e. The van der Waals surface area contributed by atoms with Crippen molar-refractivity contribution in [2.75, 3.05) is 5.32 Å². The number of aliphatic hydroxyl groups is 1. The lowest BCUT2D eigenvalue weighted by Gasteiger charge is -2.36. The zero-order valence-electron chi connectivity index (χ0n) is 21.9. The van der Waals surface area contributed by atoms with Crippen LogP contribution in [-0.4, -0.2) is 37.8 Å². The summed E-state index contributed by atoms with van der Waals surface area (Å²) >= 11 is 0. The predicted molar refractivity (Wildman–Crippen MR) is 147 cm³/mol. The first-order chi connectivity index (χ1) is 19.5. The molecule has 0 aliphatic carbocycles. The number of anilines is 1. The van der Waals surface area contributed by atoms with Crippen LogP contribution in [0.15, 0.2) is 79.1 Å². The van der Waals surface area contributed by atoms with Crippen molar-refractivity contribution in [1.29, 1.82) is 0 Å². The average molecular weight is 545 g/mol. The maximum Gasteiger partial charge on any atom is 0.243 e. The number of nitrogens with zero attached hydrogens (tertiary/aromatic N) is 2. The van der Waals surface area contributed by atoms with E-state index in [9.17, 15) is 14.7 Å². The van der Waals surface area contributed by atoms with Crippen molar-refractivity contribution in [3.05, 3.63) is 95.8 Å². The second-order valence-corrected chi connectivity index (χ2v) is 9.80. The molecule has 2 amide bonds. The Balaban J connectivity index is 1.34. The van der Waals surface area contributed by atoms with Crippen molar-refractivity contribution in [2.45, 2.75) is 57.3 Å². The standard InChI is InChI=1S/C30H32N4O6/c35-18-20-11-13-21(14-12-20)27-16-24(17-34-19-31-25-7-1-2-8-26(25)34)39-30(40-27)22-5-3-6-23(15-22)32-28(36)9-4-10-29(37)33-38/h1-3,5-8,11-15,19,24,27,30,35,38H,4,9-10,16-18H2,(H,32,36)(H,33,37)/t24-,27+,30+/m1/s1. The summed E-state index contributed by atoms with van der Waals surface area (Å²) in [6, 6.07) is 23.0. The van der Waals surface area contributed by atoms with Crippen LogP contribution in [0.1, 0.15) is 54.8 Å². The third-order valence-electron chi connectivity index (χ3n) is 6.92. The number of rotatable bonds is 10. The van der Waals surface area contributed by atoms with Gasteiger partial charge in [-0.15, -0.1) is 0 Å². The Morgan fingerprint density at radius 3 is 2.55 bits per heavy atom. The van der Waals surface area contributed by atoms with Gasteiger partial charge < -0.3 is 24.5 Å². The van der Waals surface area contributed by atoms with Crippen LogP contribution in [0.5, 0.6) is 0 Å². The molecule has 1 saturated heterocycles. The van der Waals surface area contributed by atoms with Gasteiger partial charge in [-0.25, -0.2) is 10.5 Å². The SMILES string of the molecule is O=C(CCCC(=O)Nc1cccc([C@H]2O[C@@H](Cn3cnc4ccccc43)C[C@@H](c3ccc(CO)cc3)O2)c1)NO. The molecule has 0 radical (unpaired) electrons. The Kier molecular flexibility index (Phi) is 8.82. The molecule has 3 aromatic carbocycles. The lowest BCUT2D eigenvalue weighted by molar-refractivity contribution is -0.252. The van der Waals surface area contributed by atoms with Crippen LogP contribution in [0.3, 0.4) is 0 Å². The number of imidazole rings is 1. The fraction of sp³-hybridized carbons (Fsp3) is 0.300. The van der Waals surface area contributed by atoms with Crippen molar-refractivity contribution >= 4 is 28.5 Å². The molecular formula is C30H32N4O6. The van der Waals surface area contributed by atoms with Crippen LogP contribution in [0.2, 0.25) is 0 Å². The number of amides is 2. The molecule has 1 aliphatic heterocycles. The van der Waals surface area contributed by atoms with Crippen molar-refractivity contribution in [2.24, 2.45) is 0 Å². The van der Waals surface area contributed by atoms with Gasteiger partial charge >= 0.3 is 0 Å². The van der Waals surface area contributed by atoms with Gasteiger partial charge in [-0.3, -0.25) is 14.8 Å². The van der Waals surface area contributed by atoms with Gasteiger partial charge in [0.15, 0.2) is 6.29 Å². The minimum absolute atomic E-state index is 0.0268. The molecule has 1 aliphatic rings. The normalized spacial score (nSPS) is 18.9. The number of fused-ring (bicyclic) bond motifs is 1. The van der Waals surface area contributed by atoms with Gasteiger partial charge in [0, 0.05) is 30.5 Å². The van der Waals surface area contributed by atoms with Crippen LogP contribution in [0.25, 0.3) is 11.0 Å². The number of carbonyl (C=O) groups is 2. The number of para-hydroxylation sites is 2. The van der Waals surface area contributed by atoms with Gasteiger partial charge in [0.2, 0.25) is 11.8 Å². The molecule has 1 fully saturated rings. The molecule has 10 heteroatoms. The fourth-order valence-electron chi connectivity index (χ4n) is 4.86. The van der Waals surface area contributed by atoms with Crippen LogP contribution in [0.4, 0.5) is 5.69 Å². The van der Waals surface area contributed by atoms with Gasteiger partial charge in [-0.05, 0) is 41.8 Å². The van der Waals surface area contributed by atoms with E-state index in [1.807, 2.05) is 73.1 Å². The number of aliphatic hydroxyl groups excluding tert-OH is 1. The smallest absolute Gasteiger partial charge is 0.243 e. The molecule has 5 rings (SSSR count). The molecule has 3 atom stereocenters. The third-order valence-corrected chi connectivity index (χ3v) is 6.92. The molecule has 0 saturated carbocycles. The maximum atomic E-state index is 12.4. The summed E-state index contributed by atoms with van der Waals surface area (Å²) in [4.78, 5) is 28.1. The van der Waals surface area contributed by atoms with Crippen molar-refractivity contribution in [3.63, 3.8) is 0 Å². The van der Waals surface area contributed by atoms with Gasteiger partial charge in [-0.2, -0.15) is 0 Å². The summed E-state index contributed by atoms with van der Waals surface area (Å²) < 4.78 is 15.0. The van der Waals surface area contributed by atoms with Gasteiger partial charge in [0.25, 0.3) is 0 Å². The molecular weight excluding hydrogens is 512 g/mol. The molecule has 0 spiro atoms. The van der Waals surface area contributed by atoms with Crippen molar-refractivity contribution in [3.8, 4) is 0 Å². The summed E-state index contributed by atoms with van der Waals surface area (Å²) in [6.07, 6.45) is 1.85. The van der Waals surface area contributed by atoms with E-state index in [1.54, 1.807) is 11.5 Å². The molecule has 0 unspecified atom stereocenters. The van der Waals surface area contributed by atoms with Crippen LogP contribution < -0.4 is 10.8 Å². The number of nitrogens with one attached hydrogen (secondary N) is 2. The first-order valence-corrected chi connectivity index (χ1v) is 13.3. The number of benzene rings is 3. The van der Waals surface area contributed by atoms with E-state index in [0.717, 1.165) is 27.7 Å². The zero-order valence-corrected chi connectivity index (χ0v) is 21.9. The van der Waals surface area contributed by atoms with Gasteiger partial charge in [-0.1, -0.05) is 48.5 Å². The van der Waals surface area contributed by atoms with E-state index in [1.165, 1.54) is 0 Å². The second-order valence-electron chi connectivity index (χ2n) is 9.80. The number of hydroxylamine groups is 1. The van der Waals surface area contributed by atoms with E-state index < -0.39 is 12.2 Å². The van der Waals surface area contributed by atoms with Crippen LogP contribution in [0, 0.1) is 0 Å². The Hall–Kier alpha value is -4.09. The van der Waals surface area contributed by atoms with E-state index in [-0.39, 0.29) is 37.6 Å². The van der Waals surface area contributed by atoms with E-state index >= 15 is 0 Å². The molecule has 4 aromatic rings. The average Bonchev–Trinajstić information content (AvgIpc) is 3.39. The molecule has 0 bridgehead atoms. The molecule has 10 nitrogen and oxygen atoms in total. The minimum atomic E-state index is -0.679. The van der Waals surface area contributed by atoms with Crippen LogP contribution in [-0.2, 0) is 32.2 Å². The lowest BCUT2D eigenvalue weighted by atomic mass is 10.00. The highest BCUT2D eigenvalue weighted by atomic mass is 16.7. The van der Waals surface area contributed by atoms with Gasteiger partial charge in [0.05, 0.1) is 42.7 Å². The van der Waals surface area contributed by atoms with Crippen LogP contribution >= 0.6 is 0 Å². The Bertz CT molecular complexity index is 1450. The molecule has 4 N–H and O–H groups in total. The molecule has 1 aromatic heterocycles. The summed E-state index contributed by atoms with van der Waals surface area (Å²) in [6.45, 7) is 0.560. The topological polar surface area (TPSA) is 135 Å². The summed E-state index contributed by atoms with van der Waals surface area (Å²) in [5.74, 6) is -0.764. The highest BCUT2D eigenvalue weighted by Gasteiger charge is 2.32. The summed E-state index contributed by atoms with van der Waals surface area (Å²) in [5.41, 5.74) is 6.68. The maximum absolute atomic E-state index is 12.4. The first-order valence-electron chi connectivity index (χ1n) is 13.3. The number of hydrogen-bond acceptors (Lipinski definition) is 7. The second kappa shape index (κ2) is 12.8. The first kappa shape index (κ1) is 27.5. The minimum Gasteiger partial charge on any atom is -0.392 e. The molecule has 2 heterocycles. The highest BCUT2D eigenvalue weighted by molar-refractivity contribution is 5.91. The van der Waals surface area contributed by atoms with Gasteiger partial charge in [0.1, 0.15) is 0 Å². The monoisotopic (exact) mass is 544 g/mol. The Labute approximate surface area is 231 Å². The quantitative estimate of drug-likeness (QED) is 0.172. The Morgan fingerprint density at radius 1 is 0.950 bits per heavy atom. The molecule has 40 heavy (non-hydrogen) atoms. The number of hydrogen-bond donors (Lipinski definition) is 4. The number of aromatic nitrogens is 2. The van der Waals surface area contributed by atoms with E-state index in [2.05, 4.69) is 14.9 Å². The predicted octanol–water partition coefficient (Wildman–Crippen LogP) is 4.39. The van der Waals surface area contributed by atoms with E-state index in [4.69, 9.17) is 14.7 Å². The van der Waals surface area contributed by atoms with E-state index in [0.29, 0.717) is 25.1 Å². The third kappa shape index (κ3) is 6.72. The fourth-order valence-corrected chi connectivity index (χ4v) is 4.86.